The third-order valence-electron chi connectivity index (χ3n) is 2.61. The quantitative estimate of drug-likeness (QED) is 0.764. The molecule has 1 fully saturated rings. The molecule has 1 aromatic carbocycles. The molecule has 0 spiro atoms. The molecule has 16 heavy (non-hydrogen) atoms. The maximum atomic E-state index is 5.81. The number of anilines is 2. The fraction of sp³-hybridized carbons (Fsp3) is 0.500. The predicted octanol–water partition coefficient (Wildman–Crippen LogP) is 1.87. The van der Waals surface area contributed by atoms with E-state index in [1.807, 2.05) is 25.1 Å². The third-order valence-corrected chi connectivity index (χ3v) is 2.61. The number of ether oxygens (including phenoxy) is 2. The summed E-state index contributed by atoms with van der Waals surface area (Å²) >= 11 is 0. The van der Waals surface area contributed by atoms with E-state index in [4.69, 9.17) is 15.2 Å². The van der Waals surface area contributed by atoms with Gasteiger partial charge in [0.15, 0.2) is 0 Å². The van der Waals surface area contributed by atoms with Crippen molar-refractivity contribution in [2.75, 3.05) is 30.9 Å². The molecule has 0 aromatic heterocycles. The molecule has 0 saturated carbocycles. The van der Waals surface area contributed by atoms with Crippen LogP contribution in [0.1, 0.15) is 13.3 Å². The molecule has 1 heterocycles. The highest BCUT2D eigenvalue weighted by molar-refractivity contribution is 5.61. The van der Waals surface area contributed by atoms with Gasteiger partial charge in [-0.3, -0.25) is 0 Å². The second-order valence-corrected chi connectivity index (χ2v) is 3.89. The molecule has 3 N–H and O–H groups in total. The molecule has 0 aliphatic carbocycles. The van der Waals surface area contributed by atoms with E-state index in [1.54, 1.807) is 0 Å². The van der Waals surface area contributed by atoms with E-state index in [9.17, 15) is 0 Å². The average molecular weight is 222 g/mol. The summed E-state index contributed by atoms with van der Waals surface area (Å²) in [5.41, 5.74) is 7.52. The van der Waals surface area contributed by atoms with Crippen molar-refractivity contribution >= 4 is 11.4 Å². The first-order valence-electron chi connectivity index (χ1n) is 5.66. The Kier molecular flexibility index (Phi) is 3.51. The summed E-state index contributed by atoms with van der Waals surface area (Å²) in [7, 11) is 0. The lowest BCUT2D eigenvalue weighted by Crippen LogP contribution is -2.18. The number of nitrogens with one attached hydrogen (secondary N) is 1. The minimum atomic E-state index is 0.401. The van der Waals surface area contributed by atoms with Gasteiger partial charge in [-0.1, -0.05) is 0 Å². The van der Waals surface area contributed by atoms with Gasteiger partial charge in [-0.05, 0) is 25.5 Å². The van der Waals surface area contributed by atoms with Gasteiger partial charge in [0.05, 0.1) is 24.9 Å². The van der Waals surface area contributed by atoms with Gasteiger partial charge in [-0.15, -0.1) is 0 Å². The van der Waals surface area contributed by atoms with Crippen molar-refractivity contribution in [3.05, 3.63) is 18.2 Å². The molecule has 1 saturated heterocycles. The SMILES string of the molecule is CCOc1cc(NC2CCOC2)ccc1N. The van der Waals surface area contributed by atoms with E-state index in [0.717, 1.165) is 31.1 Å². The van der Waals surface area contributed by atoms with Crippen molar-refractivity contribution < 1.29 is 9.47 Å². The van der Waals surface area contributed by atoms with Crippen LogP contribution in [0.3, 0.4) is 0 Å². The largest absolute Gasteiger partial charge is 0.492 e. The number of nitrogen functional groups attached to an aromatic ring is 1. The van der Waals surface area contributed by atoms with Crippen LogP contribution < -0.4 is 15.8 Å². The van der Waals surface area contributed by atoms with Crippen LogP contribution >= 0.6 is 0 Å². The van der Waals surface area contributed by atoms with Gasteiger partial charge in [0.25, 0.3) is 0 Å². The van der Waals surface area contributed by atoms with E-state index < -0.39 is 0 Å². The van der Waals surface area contributed by atoms with Crippen LogP contribution in [0.2, 0.25) is 0 Å². The smallest absolute Gasteiger partial charge is 0.144 e. The van der Waals surface area contributed by atoms with Crippen molar-refractivity contribution in [1.82, 2.24) is 0 Å². The number of hydrogen-bond donors (Lipinski definition) is 2. The van der Waals surface area contributed by atoms with Crippen molar-refractivity contribution in [2.45, 2.75) is 19.4 Å². The van der Waals surface area contributed by atoms with Crippen LogP contribution in [0.25, 0.3) is 0 Å². The van der Waals surface area contributed by atoms with Crippen LogP contribution in [0.5, 0.6) is 5.75 Å². The van der Waals surface area contributed by atoms with Gasteiger partial charge in [-0.25, -0.2) is 0 Å². The molecule has 0 amide bonds. The lowest BCUT2D eigenvalue weighted by atomic mass is 10.2. The summed E-state index contributed by atoms with van der Waals surface area (Å²) < 4.78 is 10.8. The number of hydrogen-bond acceptors (Lipinski definition) is 4. The maximum absolute atomic E-state index is 5.81. The summed E-state index contributed by atoms with van der Waals surface area (Å²) in [5.74, 6) is 0.742. The van der Waals surface area contributed by atoms with E-state index in [-0.39, 0.29) is 0 Å². The molecule has 1 atom stereocenters. The van der Waals surface area contributed by atoms with Crippen LogP contribution in [-0.4, -0.2) is 25.9 Å². The highest BCUT2D eigenvalue weighted by atomic mass is 16.5. The number of nitrogens with two attached hydrogens (primary N) is 1. The lowest BCUT2D eigenvalue weighted by molar-refractivity contribution is 0.195. The Hall–Kier alpha value is -1.42. The highest BCUT2D eigenvalue weighted by Gasteiger charge is 2.15. The molecule has 88 valence electrons. The monoisotopic (exact) mass is 222 g/mol. The van der Waals surface area contributed by atoms with Gasteiger partial charge in [0.1, 0.15) is 5.75 Å². The molecule has 0 bridgehead atoms. The predicted molar refractivity (Wildman–Crippen MR) is 64.9 cm³/mol. The van der Waals surface area contributed by atoms with E-state index >= 15 is 0 Å². The molecule has 1 aliphatic heterocycles. The Bertz CT molecular complexity index is 349. The Morgan fingerprint density at radius 2 is 2.44 bits per heavy atom. The summed E-state index contributed by atoms with van der Waals surface area (Å²) in [5, 5.41) is 3.41. The third kappa shape index (κ3) is 2.58. The Morgan fingerprint density at radius 3 is 3.12 bits per heavy atom. The van der Waals surface area contributed by atoms with Gasteiger partial charge >= 0.3 is 0 Å². The molecule has 4 heteroatoms. The number of rotatable bonds is 4. The molecule has 1 aromatic rings. The van der Waals surface area contributed by atoms with Gasteiger partial charge in [-0.2, -0.15) is 0 Å². The van der Waals surface area contributed by atoms with Crippen LogP contribution in [-0.2, 0) is 4.74 Å². The van der Waals surface area contributed by atoms with Crippen molar-refractivity contribution in [3.8, 4) is 5.75 Å². The second kappa shape index (κ2) is 5.07. The fourth-order valence-electron chi connectivity index (χ4n) is 1.79. The Balaban J connectivity index is 2.05. The highest BCUT2D eigenvalue weighted by Crippen LogP contribution is 2.26. The van der Waals surface area contributed by atoms with E-state index in [1.165, 1.54) is 0 Å². The standard InChI is InChI=1S/C12H18N2O2/c1-2-16-12-7-9(3-4-11(12)13)14-10-5-6-15-8-10/h3-4,7,10,14H,2,5-6,8,13H2,1H3. The maximum Gasteiger partial charge on any atom is 0.144 e. The molecular formula is C12H18N2O2. The summed E-state index contributed by atoms with van der Waals surface area (Å²) in [6, 6.07) is 6.18. The fourth-order valence-corrected chi connectivity index (χ4v) is 1.79. The topological polar surface area (TPSA) is 56.5 Å². The van der Waals surface area contributed by atoms with Crippen LogP contribution in [0.15, 0.2) is 18.2 Å². The Morgan fingerprint density at radius 1 is 1.56 bits per heavy atom. The van der Waals surface area contributed by atoms with Gasteiger partial charge < -0.3 is 20.5 Å². The molecule has 1 unspecified atom stereocenters. The Labute approximate surface area is 95.7 Å². The van der Waals surface area contributed by atoms with Gasteiger partial charge in [0.2, 0.25) is 0 Å². The summed E-state index contributed by atoms with van der Waals surface area (Å²) in [6.07, 6.45) is 1.05. The molecule has 1 aliphatic rings. The molecular weight excluding hydrogens is 204 g/mol. The van der Waals surface area contributed by atoms with E-state index in [0.29, 0.717) is 18.3 Å². The van der Waals surface area contributed by atoms with E-state index in [2.05, 4.69) is 5.32 Å². The average Bonchev–Trinajstić information content (AvgIpc) is 2.76. The minimum absolute atomic E-state index is 0.401. The normalized spacial score (nSPS) is 19.7. The zero-order chi connectivity index (χ0) is 11.4. The van der Waals surface area contributed by atoms with Crippen LogP contribution in [0.4, 0.5) is 11.4 Å². The van der Waals surface area contributed by atoms with Crippen molar-refractivity contribution in [3.63, 3.8) is 0 Å². The van der Waals surface area contributed by atoms with Crippen molar-refractivity contribution in [2.24, 2.45) is 0 Å². The lowest BCUT2D eigenvalue weighted by Gasteiger charge is -2.14. The summed E-state index contributed by atoms with van der Waals surface area (Å²) in [4.78, 5) is 0. The second-order valence-electron chi connectivity index (χ2n) is 3.89. The first-order valence-corrected chi connectivity index (χ1v) is 5.66. The number of benzene rings is 1. The molecule has 0 radical (unpaired) electrons. The molecule has 4 nitrogen and oxygen atoms in total. The van der Waals surface area contributed by atoms with Gasteiger partial charge in [0, 0.05) is 18.4 Å². The zero-order valence-corrected chi connectivity index (χ0v) is 9.53. The first-order chi connectivity index (χ1) is 7.79. The first kappa shape index (κ1) is 11.1. The molecule has 2 rings (SSSR count). The zero-order valence-electron chi connectivity index (χ0n) is 9.53. The minimum Gasteiger partial charge on any atom is -0.492 e. The summed E-state index contributed by atoms with van der Waals surface area (Å²) in [6.45, 7) is 4.18. The van der Waals surface area contributed by atoms with Crippen LogP contribution in [0, 0.1) is 0 Å². The van der Waals surface area contributed by atoms with Crippen molar-refractivity contribution in [1.29, 1.82) is 0 Å².